The lowest BCUT2D eigenvalue weighted by Gasteiger charge is -2.18. The molecule has 1 N–H and O–H groups in total. The number of carbonyl (C=O) groups excluding carboxylic acids is 1. The van der Waals surface area contributed by atoms with Crippen molar-refractivity contribution in [3.8, 4) is 5.75 Å². The second kappa shape index (κ2) is 8.05. The summed E-state index contributed by atoms with van der Waals surface area (Å²) in [5.74, 6) is 0.732. The Labute approximate surface area is 162 Å². The number of hydrogen-bond acceptors (Lipinski definition) is 5. The number of anilines is 3. The summed E-state index contributed by atoms with van der Waals surface area (Å²) in [7, 11) is 3.40. The van der Waals surface area contributed by atoms with E-state index in [4.69, 9.17) is 16.3 Å². The van der Waals surface area contributed by atoms with Crippen molar-refractivity contribution < 1.29 is 9.53 Å². The summed E-state index contributed by atoms with van der Waals surface area (Å²) in [6.07, 6.45) is 1.37. The maximum Gasteiger partial charge on any atom is 0.274 e. The zero-order valence-corrected chi connectivity index (χ0v) is 16.0. The van der Waals surface area contributed by atoms with Crippen LogP contribution in [0.4, 0.5) is 17.2 Å². The third-order valence-electron chi connectivity index (χ3n) is 4.10. The number of aryl methyl sites for hydroxylation is 1. The molecule has 0 aliphatic carbocycles. The Morgan fingerprint density at radius 3 is 2.59 bits per heavy atom. The molecule has 2 aromatic carbocycles. The largest absolute Gasteiger partial charge is 0.495 e. The number of para-hydroxylation sites is 1. The lowest BCUT2D eigenvalue weighted by Crippen LogP contribution is -2.17. The summed E-state index contributed by atoms with van der Waals surface area (Å²) >= 11 is 6.11. The summed E-state index contributed by atoms with van der Waals surface area (Å²) < 4.78 is 5.30. The summed E-state index contributed by atoms with van der Waals surface area (Å²) in [6, 6.07) is 14.8. The smallest absolute Gasteiger partial charge is 0.274 e. The quantitative estimate of drug-likeness (QED) is 0.705. The Balaban J connectivity index is 1.85. The standard InChI is InChI=1S/C20H19ClN4O2/c1-13-9-16(18(27-3)10-15(13)21)24-20(26)17-11-19(23-12-22-17)25(2)14-7-5-4-6-8-14/h4-12H,1-3H3,(H,24,26). The van der Waals surface area contributed by atoms with Crippen LogP contribution in [0.2, 0.25) is 5.02 Å². The van der Waals surface area contributed by atoms with E-state index in [0.29, 0.717) is 22.3 Å². The molecule has 1 amide bonds. The number of halogens is 1. The third-order valence-corrected chi connectivity index (χ3v) is 4.51. The molecule has 0 aliphatic heterocycles. The Kier molecular flexibility index (Phi) is 5.57. The van der Waals surface area contributed by atoms with Gasteiger partial charge in [0.05, 0.1) is 12.8 Å². The van der Waals surface area contributed by atoms with Gasteiger partial charge >= 0.3 is 0 Å². The van der Waals surface area contributed by atoms with Crippen molar-refractivity contribution in [2.75, 3.05) is 24.4 Å². The molecule has 0 aliphatic rings. The SMILES string of the molecule is COc1cc(Cl)c(C)cc1NC(=O)c1cc(N(C)c2ccccc2)ncn1. The molecule has 3 rings (SSSR count). The van der Waals surface area contributed by atoms with Crippen LogP contribution in [0.3, 0.4) is 0 Å². The average molecular weight is 383 g/mol. The number of nitrogens with zero attached hydrogens (tertiary/aromatic N) is 3. The molecule has 0 unspecified atom stereocenters. The molecule has 0 radical (unpaired) electrons. The van der Waals surface area contributed by atoms with E-state index < -0.39 is 0 Å². The highest BCUT2D eigenvalue weighted by Crippen LogP contribution is 2.31. The maximum absolute atomic E-state index is 12.7. The molecule has 0 atom stereocenters. The predicted octanol–water partition coefficient (Wildman–Crippen LogP) is 4.47. The molecule has 0 fully saturated rings. The first-order chi connectivity index (χ1) is 13.0. The van der Waals surface area contributed by atoms with Crippen LogP contribution < -0.4 is 15.0 Å². The van der Waals surface area contributed by atoms with Gasteiger partial charge < -0.3 is 15.0 Å². The minimum atomic E-state index is -0.361. The van der Waals surface area contributed by atoms with Crippen LogP contribution in [0.5, 0.6) is 5.75 Å². The maximum atomic E-state index is 12.7. The fourth-order valence-corrected chi connectivity index (χ4v) is 2.71. The van der Waals surface area contributed by atoms with Crippen molar-refractivity contribution in [3.05, 3.63) is 71.1 Å². The number of nitrogens with one attached hydrogen (secondary N) is 1. The monoisotopic (exact) mass is 382 g/mol. The lowest BCUT2D eigenvalue weighted by atomic mass is 10.2. The van der Waals surface area contributed by atoms with Gasteiger partial charge in [-0.15, -0.1) is 0 Å². The van der Waals surface area contributed by atoms with Crippen molar-refractivity contribution in [2.45, 2.75) is 6.92 Å². The van der Waals surface area contributed by atoms with E-state index in [-0.39, 0.29) is 11.6 Å². The molecule has 0 spiro atoms. The van der Waals surface area contributed by atoms with Crippen LogP contribution in [-0.4, -0.2) is 30.0 Å². The van der Waals surface area contributed by atoms with Gasteiger partial charge in [-0.1, -0.05) is 29.8 Å². The first-order valence-corrected chi connectivity index (χ1v) is 8.63. The van der Waals surface area contributed by atoms with Crippen LogP contribution in [-0.2, 0) is 0 Å². The number of amides is 1. The van der Waals surface area contributed by atoms with Gasteiger partial charge in [0.1, 0.15) is 23.6 Å². The van der Waals surface area contributed by atoms with Crippen molar-refractivity contribution in [1.82, 2.24) is 9.97 Å². The zero-order valence-electron chi connectivity index (χ0n) is 15.2. The number of rotatable bonds is 5. The minimum Gasteiger partial charge on any atom is -0.495 e. The first-order valence-electron chi connectivity index (χ1n) is 8.26. The molecular formula is C20H19ClN4O2. The van der Waals surface area contributed by atoms with E-state index in [1.165, 1.54) is 13.4 Å². The highest BCUT2D eigenvalue weighted by Gasteiger charge is 2.15. The van der Waals surface area contributed by atoms with E-state index >= 15 is 0 Å². The molecule has 27 heavy (non-hydrogen) atoms. The van der Waals surface area contributed by atoms with Gasteiger partial charge in [-0.3, -0.25) is 4.79 Å². The zero-order chi connectivity index (χ0) is 19.4. The Hall–Kier alpha value is -3.12. The number of benzene rings is 2. The van der Waals surface area contributed by atoms with E-state index in [1.54, 1.807) is 18.2 Å². The van der Waals surface area contributed by atoms with E-state index in [1.807, 2.05) is 49.2 Å². The summed E-state index contributed by atoms with van der Waals surface area (Å²) in [6.45, 7) is 1.86. The molecule has 1 aromatic heterocycles. The minimum absolute atomic E-state index is 0.248. The molecular weight excluding hydrogens is 364 g/mol. The molecule has 1 heterocycles. The van der Waals surface area contributed by atoms with Gasteiger partial charge in [-0.2, -0.15) is 0 Å². The Bertz CT molecular complexity index is 963. The van der Waals surface area contributed by atoms with E-state index in [0.717, 1.165) is 11.3 Å². The second-order valence-electron chi connectivity index (χ2n) is 5.91. The van der Waals surface area contributed by atoms with Gasteiger partial charge in [0.2, 0.25) is 0 Å². The van der Waals surface area contributed by atoms with Crippen molar-refractivity contribution in [1.29, 1.82) is 0 Å². The summed E-state index contributed by atoms with van der Waals surface area (Å²) in [4.78, 5) is 22.9. The fourth-order valence-electron chi connectivity index (χ4n) is 2.55. The number of aromatic nitrogens is 2. The van der Waals surface area contributed by atoms with Crippen molar-refractivity contribution >= 4 is 34.7 Å². The topological polar surface area (TPSA) is 67.3 Å². The van der Waals surface area contributed by atoms with Gasteiger partial charge in [-0.05, 0) is 30.7 Å². The van der Waals surface area contributed by atoms with E-state index in [9.17, 15) is 4.79 Å². The summed E-state index contributed by atoms with van der Waals surface area (Å²) in [5, 5.41) is 3.39. The molecule has 7 heteroatoms. The normalized spacial score (nSPS) is 10.4. The Morgan fingerprint density at radius 1 is 1.15 bits per heavy atom. The van der Waals surface area contributed by atoms with Crippen LogP contribution in [0, 0.1) is 6.92 Å². The molecule has 0 saturated carbocycles. The molecule has 6 nitrogen and oxygen atoms in total. The number of ether oxygens (including phenoxy) is 1. The second-order valence-corrected chi connectivity index (χ2v) is 6.32. The van der Waals surface area contributed by atoms with Crippen molar-refractivity contribution in [2.24, 2.45) is 0 Å². The number of carbonyl (C=O) groups is 1. The van der Waals surface area contributed by atoms with E-state index in [2.05, 4.69) is 15.3 Å². The molecule has 0 saturated heterocycles. The molecule has 138 valence electrons. The van der Waals surface area contributed by atoms with Gasteiger partial charge in [0, 0.05) is 29.9 Å². The van der Waals surface area contributed by atoms with Crippen LogP contribution in [0.25, 0.3) is 0 Å². The third kappa shape index (κ3) is 4.17. The predicted molar refractivity (Wildman–Crippen MR) is 107 cm³/mol. The first kappa shape index (κ1) is 18.7. The van der Waals surface area contributed by atoms with Gasteiger partial charge in [-0.25, -0.2) is 9.97 Å². The molecule has 3 aromatic rings. The Morgan fingerprint density at radius 2 is 1.89 bits per heavy atom. The van der Waals surface area contributed by atoms with Gasteiger partial charge in [0.15, 0.2) is 0 Å². The summed E-state index contributed by atoms with van der Waals surface area (Å²) in [5.41, 5.74) is 2.57. The van der Waals surface area contributed by atoms with Crippen LogP contribution >= 0.6 is 11.6 Å². The lowest BCUT2D eigenvalue weighted by molar-refractivity contribution is 0.102. The molecule has 0 bridgehead atoms. The average Bonchev–Trinajstić information content (AvgIpc) is 2.70. The van der Waals surface area contributed by atoms with Crippen LogP contribution in [0.15, 0.2) is 54.9 Å². The fraction of sp³-hybridized carbons (Fsp3) is 0.150. The number of hydrogen-bond donors (Lipinski definition) is 1. The van der Waals surface area contributed by atoms with Crippen LogP contribution in [0.1, 0.15) is 16.1 Å². The highest BCUT2D eigenvalue weighted by atomic mass is 35.5. The van der Waals surface area contributed by atoms with Gasteiger partial charge in [0.25, 0.3) is 5.91 Å². The number of methoxy groups -OCH3 is 1. The van der Waals surface area contributed by atoms with Crippen molar-refractivity contribution in [3.63, 3.8) is 0 Å². The highest BCUT2D eigenvalue weighted by molar-refractivity contribution is 6.31.